The van der Waals surface area contributed by atoms with Gasteiger partial charge in [-0.1, -0.05) is 60.1 Å². The monoisotopic (exact) mass is 398 g/mol. The largest absolute Gasteiger partial charge is 0.324 e. The van der Waals surface area contributed by atoms with Gasteiger partial charge in [-0.2, -0.15) is 4.98 Å². The van der Waals surface area contributed by atoms with Crippen LogP contribution in [0, 0.1) is 0 Å². The van der Waals surface area contributed by atoms with E-state index in [0.29, 0.717) is 27.7 Å². The van der Waals surface area contributed by atoms with Gasteiger partial charge in [-0.05, 0) is 46.2 Å². The second-order valence-electron chi connectivity index (χ2n) is 6.64. The molecule has 5 rings (SSSR count). The molecule has 5 aromatic rings. The van der Waals surface area contributed by atoms with Crippen molar-refractivity contribution in [3.8, 4) is 11.1 Å². The first-order valence-corrected chi connectivity index (χ1v) is 9.46. The van der Waals surface area contributed by atoms with Crippen molar-refractivity contribution >= 4 is 45.0 Å². The third kappa shape index (κ3) is 3.22. The first-order chi connectivity index (χ1) is 14.2. The molecule has 29 heavy (non-hydrogen) atoms. The van der Waals surface area contributed by atoms with E-state index in [9.17, 15) is 4.79 Å². The van der Waals surface area contributed by atoms with E-state index >= 15 is 0 Å². The minimum absolute atomic E-state index is 0.263. The molecule has 2 heterocycles. The van der Waals surface area contributed by atoms with Crippen LogP contribution in [-0.4, -0.2) is 15.0 Å². The van der Waals surface area contributed by atoms with Crippen LogP contribution in [0.4, 0.5) is 11.6 Å². The van der Waals surface area contributed by atoms with Crippen molar-refractivity contribution in [1.82, 2.24) is 15.0 Å². The number of hydrogen-bond donors (Lipinski definition) is 2. The Labute approximate surface area is 171 Å². The summed E-state index contributed by atoms with van der Waals surface area (Å²) in [5.74, 6) is 0.291. The normalized spacial score (nSPS) is 11.1. The number of nitrogens with zero attached hydrogens (tertiary/aromatic N) is 2. The Morgan fingerprint density at radius 2 is 1.69 bits per heavy atom. The molecule has 0 aliphatic carbocycles. The molecule has 140 valence electrons. The van der Waals surface area contributed by atoms with E-state index in [1.165, 1.54) is 0 Å². The average Bonchev–Trinajstić information content (AvgIpc) is 2.74. The van der Waals surface area contributed by atoms with Gasteiger partial charge in [0, 0.05) is 6.20 Å². The highest BCUT2D eigenvalue weighted by Gasteiger charge is 2.12. The molecule has 2 N–H and O–H groups in total. The fourth-order valence-corrected chi connectivity index (χ4v) is 3.59. The lowest BCUT2D eigenvalue weighted by atomic mass is 10.00. The summed E-state index contributed by atoms with van der Waals surface area (Å²) in [6.45, 7) is 0. The standard InChI is InChI=1S/C23H15ClN4O/c24-18-7-3-4-8-19(18)26-23-27-21-20(22(29)28-23)17(11-12-25-21)16-10-9-14-5-1-2-6-15(14)13-16/h1-13H,(H2,25,26,27,28,29). The van der Waals surface area contributed by atoms with Gasteiger partial charge in [0.15, 0.2) is 5.65 Å². The van der Waals surface area contributed by atoms with Crippen molar-refractivity contribution in [2.45, 2.75) is 0 Å². The van der Waals surface area contributed by atoms with E-state index in [2.05, 4.69) is 38.5 Å². The Kier molecular flexibility index (Phi) is 4.22. The van der Waals surface area contributed by atoms with Gasteiger partial charge >= 0.3 is 0 Å². The number of pyridine rings is 1. The fraction of sp³-hybridized carbons (Fsp3) is 0. The van der Waals surface area contributed by atoms with E-state index in [4.69, 9.17) is 11.6 Å². The Hall–Kier alpha value is -3.70. The predicted octanol–water partition coefficient (Wildman–Crippen LogP) is 5.54. The number of hydrogen-bond acceptors (Lipinski definition) is 4. The number of halogens is 1. The molecular formula is C23H15ClN4O. The molecule has 0 radical (unpaired) electrons. The van der Waals surface area contributed by atoms with E-state index < -0.39 is 0 Å². The van der Waals surface area contributed by atoms with Crippen LogP contribution >= 0.6 is 11.6 Å². The molecule has 0 unspecified atom stereocenters. The SMILES string of the molecule is O=c1[nH]c(Nc2ccccc2Cl)nc2nccc(-c3ccc4ccccc4c3)c12. The second kappa shape index (κ2) is 7.04. The molecule has 0 bridgehead atoms. The minimum Gasteiger partial charge on any atom is -0.324 e. The number of fused-ring (bicyclic) bond motifs is 2. The van der Waals surface area contributed by atoms with Crippen molar-refractivity contribution in [2.75, 3.05) is 5.32 Å². The summed E-state index contributed by atoms with van der Waals surface area (Å²) in [6.07, 6.45) is 1.67. The summed E-state index contributed by atoms with van der Waals surface area (Å²) in [5.41, 5.74) is 2.49. The van der Waals surface area contributed by atoms with Crippen LogP contribution in [-0.2, 0) is 0 Å². The van der Waals surface area contributed by atoms with Crippen molar-refractivity contribution < 1.29 is 0 Å². The summed E-state index contributed by atoms with van der Waals surface area (Å²) >= 11 is 6.19. The van der Waals surface area contributed by atoms with Crippen LogP contribution in [0.5, 0.6) is 0 Å². The van der Waals surface area contributed by atoms with Crippen molar-refractivity contribution in [2.24, 2.45) is 0 Å². The lowest BCUT2D eigenvalue weighted by Gasteiger charge is -2.10. The van der Waals surface area contributed by atoms with Gasteiger partial charge in [0.25, 0.3) is 5.56 Å². The van der Waals surface area contributed by atoms with Crippen LogP contribution in [0.15, 0.2) is 83.8 Å². The van der Waals surface area contributed by atoms with E-state index in [0.717, 1.165) is 21.9 Å². The van der Waals surface area contributed by atoms with Gasteiger partial charge in [0.05, 0.1) is 16.1 Å². The molecular weight excluding hydrogens is 384 g/mol. The molecule has 3 aromatic carbocycles. The maximum atomic E-state index is 12.9. The summed E-state index contributed by atoms with van der Waals surface area (Å²) in [5, 5.41) is 6.29. The highest BCUT2D eigenvalue weighted by molar-refractivity contribution is 6.33. The Bertz CT molecular complexity index is 1430. The summed E-state index contributed by atoms with van der Waals surface area (Å²) in [7, 11) is 0. The molecule has 0 atom stereocenters. The van der Waals surface area contributed by atoms with Crippen molar-refractivity contribution in [3.63, 3.8) is 0 Å². The first-order valence-electron chi connectivity index (χ1n) is 9.09. The maximum absolute atomic E-state index is 12.9. The first kappa shape index (κ1) is 17.4. The molecule has 0 aliphatic rings. The number of benzene rings is 3. The number of aromatic amines is 1. The molecule has 0 spiro atoms. The molecule has 0 aliphatic heterocycles. The maximum Gasteiger partial charge on any atom is 0.262 e. The predicted molar refractivity (Wildman–Crippen MR) is 118 cm³/mol. The highest BCUT2D eigenvalue weighted by atomic mass is 35.5. The summed E-state index contributed by atoms with van der Waals surface area (Å²) in [6, 6.07) is 23.3. The number of para-hydroxylation sites is 1. The van der Waals surface area contributed by atoms with Crippen LogP contribution < -0.4 is 10.9 Å². The number of rotatable bonds is 3. The number of aromatic nitrogens is 3. The third-order valence-electron chi connectivity index (χ3n) is 4.80. The zero-order chi connectivity index (χ0) is 19.8. The zero-order valence-electron chi connectivity index (χ0n) is 15.2. The van der Waals surface area contributed by atoms with Crippen molar-refractivity contribution in [3.05, 3.63) is 94.4 Å². The molecule has 0 fully saturated rings. The quantitative estimate of drug-likeness (QED) is 0.419. The topological polar surface area (TPSA) is 70.7 Å². The molecule has 0 saturated carbocycles. The Morgan fingerprint density at radius 3 is 2.55 bits per heavy atom. The smallest absolute Gasteiger partial charge is 0.262 e. The van der Waals surface area contributed by atoms with Gasteiger partial charge in [0.2, 0.25) is 5.95 Å². The fourth-order valence-electron chi connectivity index (χ4n) is 3.41. The summed E-state index contributed by atoms with van der Waals surface area (Å²) < 4.78 is 0. The van der Waals surface area contributed by atoms with E-state index in [1.807, 2.05) is 48.5 Å². The van der Waals surface area contributed by atoms with Gasteiger partial charge in [-0.15, -0.1) is 0 Å². The van der Waals surface area contributed by atoms with E-state index in [1.54, 1.807) is 12.3 Å². The number of nitrogens with one attached hydrogen (secondary N) is 2. The van der Waals surface area contributed by atoms with Gasteiger partial charge in [-0.3, -0.25) is 9.78 Å². The van der Waals surface area contributed by atoms with Crippen molar-refractivity contribution in [1.29, 1.82) is 0 Å². The van der Waals surface area contributed by atoms with Gasteiger partial charge in [0.1, 0.15) is 0 Å². The molecule has 6 heteroatoms. The van der Waals surface area contributed by atoms with Crippen LogP contribution in [0.1, 0.15) is 0 Å². The van der Waals surface area contributed by atoms with Crippen LogP contribution in [0.25, 0.3) is 32.9 Å². The number of H-pyrrole nitrogens is 1. The number of anilines is 2. The lowest BCUT2D eigenvalue weighted by Crippen LogP contribution is -2.13. The third-order valence-corrected chi connectivity index (χ3v) is 5.12. The molecule has 2 aromatic heterocycles. The van der Waals surface area contributed by atoms with Crippen LogP contribution in [0.3, 0.4) is 0 Å². The van der Waals surface area contributed by atoms with Gasteiger partial charge in [-0.25, -0.2) is 4.98 Å². The van der Waals surface area contributed by atoms with E-state index in [-0.39, 0.29) is 5.56 Å². The molecule has 0 amide bonds. The zero-order valence-corrected chi connectivity index (χ0v) is 15.9. The average molecular weight is 399 g/mol. The molecule has 0 saturated heterocycles. The van der Waals surface area contributed by atoms with Gasteiger partial charge < -0.3 is 5.32 Å². The lowest BCUT2D eigenvalue weighted by molar-refractivity contribution is 1.14. The Balaban J connectivity index is 1.64. The second-order valence-corrected chi connectivity index (χ2v) is 7.05. The Morgan fingerprint density at radius 1 is 0.897 bits per heavy atom. The van der Waals surface area contributed by atoms with Crippen LogP contribution in [0.2, 0.25) is 5.02 Å². The summed E-state index contributed by atoms with van der Waals surface area (Å²) in [4.78, 5) is 24.5. The minimum atomic E-state index is -0.263. The molecule has 5 nitrogen and oxygen atoms in total. The highest BCUT2D eigenvalue weighted by Crippen LogP contribution is 2.28.